The number of anilines is 1. The van der Waals surface area contributed by atoms with Crippen LogP contribution >= 0.6 is 0 Å². The van der Waals surface area contributed by atoms with Crippen LogP contribution in [-0.2, 0) is 4.74 Å². The van der Waals surface area contributed by atoms with Crippen molar-refractivity contribution in [1.82, 2.24) is 4.98 Å². The van der Waals surface area contributed by atoms with Gasteiger partial charge in [0.2, 0.25) is 0 Å². The Bertz CT molecular complexity index is 282. The van der Waals surface area contributed by atoms with Gasteiger partial charge in [-0.15, -0.1) is 0 Å². The molecule has 0 aliphatic carbocycles. The lowest BCUT2D eigenvalue weighted by atomic mass is 10.3. The first-order valence-corrected chi connectivity index (χ1v) is 4.09. The zero-order chi connectivity index (χ0) is 9.68. The fourth-order valence-corrected chi connectivity index (χ4v) is 0.868. The highest BCUT2D eigenvalue weighted by Crippen LogP contribution is 2.05. The smallest absolute Gasteiger partial charge is 0.356 e. The van der Waals surface area contributed by atoms with Crippen LogP contribution in [0.3, 0.4) is 0 Å². The van der Waals surface area contributed by atoms with Crippen molar-refractivity contribution < 1.29 is 9.53 Å². The molecule has 1 aromatic heterocycles. The van der Waals surface area contributed by atoms with Gasteiger partial charge in [-0.3, -0.25) is 0 Å². The van der Waals surface area contributed by atoms with Crippen LogP contribution in [-0.4, -0.2) is 24.6 Å². The third-order valence-corrected chi connectivity index (χ3v) is 1.54. The summed E-state index contributed by atoms with van der Waals surface area (Å²) in [6, 6.07) is 3.41. The second-order valence-electron chi connectivity index (χ2n) is 2.40. The van der Waals surface area contributed by atoms with E-state index in [1.54, 1.807) is 32.3 Å². The molecule has 1 heterocycles. The zero-order valence-electron chi connectivity index (χ0n) is 7.70. The van der Waals surface area contributed by atoms with Gasteiger partial charge in [-0.1, -0.05) is 0 Å². The summed E-state index contributed by atoms with van der Waals surface area (Å²) in [7, 11) is 1.79. The van der Waals surface area contributed by atoms with E-state index in [9.17, 15) is 4.79 Å². The Kier molecular flexibility index (Phi) is 3.25. The molecule has 0 amide bonds. The molecule has 0 spiro atoms. The van der Waals surface area contributed by atoms with Crippen molar-refractivity contribution >= 4 is 11.7 Å². The Balaban J connectivity index is 2.74. The fraction of sp³-hybridized carbons (Fsp3) is 0.333. The van der Waals surface area contributed by atoms with Crippen molar-refractivity contribution in [3.8, 4) is 0 Å². The molecule has 1 aromatic rings. The third kappa shape index (κ3) is 2.43. The minimum atomic E-state index is -0.384. The highest BCUT2D eigenvalue weighted by atomic mass is 16.5. The van der Waals surface area contributed by atoms with Crippen molar-refractivity contribution in [2.45, 2.75) is 6.92 Å². The minimum Gasteiger partial charge on any atom is -0.461 e. The number of carbonyl (C=O) groups excluding carboxylic acids is 1. The van der Waals surface area contributed by atoms with Gasteiger partial charge in [0.1, 0.15) is 5.69 Å². The standard InChI is InChI=1S/C9H12N2O2/c1-3-13-9(12)8-5-4-7(10-2)6-11-8/h4-6,10H,3H2,1-2H3. The van der Waals surface area contributed by atoms with E-state index >= 15 is 0 Å². The number of ether oxygens (including phenoxy) is 1. The number of aromatic nitrogens is 1. The third-order valence-electron chi connectivity index (χ3n) is 1.54. The molecule has 0 atom stereocenters. The molecule has 70 valence electrons. The molecule has 1 rings (SSSR count). The van der Waals surface area contributed by atoms with Crippen molar-refractivity contribution in [2.75, 3.05) is 19.0 Å². The van der Waals surface area contributed by atoms with E-state index in [1.165, 1.54) is 0 Å². The second kappa shape index (κ2) is 4.45. The van der Waals surface area contributed by atoms with E-state index in [0.29, 0.717) is 12.3 Å². The number of carbonyl (C=O) groups is 1. The predicted octanol–water partition coefficient (Wildman–Crippen LogP) is 1.30. The Morgan fingerprint density at radius 2 is 2.38 bits per heavy atom. The number of pyridine rings is 1. The van der Waals surface area contributed by atoms with Crippen LogP contribution in [0.25, 0.3) is 0 Å². The first-order chi connectivity index (χ1) is 6.27. The lowest BCUT2D eigenvalue weighted by Crippen LogP contribution is -2.06. The van der Waals surface area contributed by atoms with Gasteiger partial charge in [0.25, 0.3) is 0 Å². The van der Waals surface area contributed by atoms with Gasteiger partial charge in [-0.25, -0.2) is 9.78 Å². The lowest BCUT2D eigenvalue weighted by Gasteiger charge is -2.01. The van der Waals surface area contributed by atoms with E-state index in [0.717, 1.165) is 5.69 Å². The highest BCUT2D eigenvalue weighted by Gasteiger charge is 2.06. The Morgan fingerprint density at radius 3 is 2.85 bits per heavy atom. The summed E-state index contributed by atoms with van der Waals surface area (Å²) < 4.78 is 4.78. The molecule has 0 bridgehead atoms. The fourth-order valence-electron chi connectivity index (χ4n) is 0.868. The molecule has 0 fully saturated rings. The Morgan fingerprint density at radius 1 is 1.62 bits per heavy atom. The maximum Gasteiger partial charge on any atom is 0.356 e. The molecule has 0 radical (unpaired) electrons. The summed E-state index contributed by atoms with van der Waals surface area (Å²) in [4.78, 5) is 15.1. The molecule has 0 saturated heterocycles. The molecular formula is C9H12N2O2. The van der Waals surface area contributed by atoms with Crippen LogP contribution in [0.5, 0.6) is 0 Å². The topological polar surface area (TPSA) is 51.2 Å². The number of hydrogen-bond donors (Lipinski definition) is 1. The molecular weight excluding hydrogens is 168 g/mol. The van der Waals surface area contributed by atoms with Gasteiger partial charge in [0.15, 0.2) is 0 Å². The van der Waals surface area contributed by atoms with Crippen molar-refractivity contribution in [3.63, 3.8) is 0 Å². The van der Waals surface area contributed by atoms with E-state index in [4.69, 9.17) is 4.74 Å². The number of nitrogens with zero attached hydrogens (tertiary/aromatic N) is 1. The first-order valence-electron chi connectivity index (χ1n) is 4.09. The van der Waals surface area contributed by atoms with Gasteiger partial charge in [0.05, 0.1) is 18.5 Å². The summed E-state index contributed by atoms with van der Waals surface area (Å²) in [5, 5.41) is 2.91. The number of esters is 1. The average molecular weight is 180 g/mol. The van der Waals surface area contributed by atoms with Crippen LogP contribution in [0, 0.1) is 0 Å². The lowest BCUT2D eigenvalue weighted by molar-refractivity contribution is 0.0519. The van der Waals surface area contributed by atoms with Crippen molar-refractivity contribution in [2.24, 2.45) is 0 Å². The second-order valence-corrected chi connectivity index (χ2v) is 2.40. The quantitative estimate of drug-likeness (QED) is 0.712. The van der Waals surface area contributed by atoms with Gasteiger partial charge in [-0.05, 0) is 19.1 Å². The zero-order valence-corrected chi connectivity index (χ0v) is 7.70. The predicted molar refractivity (Wildman–Crippen MR) is 49.7 cm³/mol. The number of rotatable bonds is 3. The largest absolute Gasteiger partial charge is 0.461 e. The maximum absolute atomic E-state index is 11.1. The van der Waals surface area contributed by atoms with E-state index in [1.807, 2.05) is 0 Å². The highest BCUT2D eigenvalue weighted by molar-refractivity contribution is 5.87. The van der Waals surface area contributed by atoms with Crippen LogP contribution < -0.4 is 5.32 Å². The molecule has 13 heavy (non-hydrogen) atoms. The Hall–Kier alpha value is -1.58. The summed E-state index contributed by atoms with van der Waals surface area (Å²) in [6.07, 6.45) is 1.59. The van der Waals surface area contributed by atoms with Crippen LogP contribution in [0.1, 0.15) is 17.4 Å². The molecule has 4 heteroatoms. The summed E-state index contributed by atoms with van der Waals surface area (Å²) in [6.45, 7) is 2.13. The van der Waals surface area contributed by atoms with Gasteiger partial charge < -0.3 is 10.1 Å². The summed E-state index contributed by atoms with van der Waals surface area (Å²) in [5.74, 6) is -0.384. The maximum atomic E-state index is 11.1. The van der Waals surface area contributed by atoms with Crippen LogP contribution in [0.4, 0.5) is 5.69 Å². The van der Waals surface area contributed by atoms with E-state index in [-0.39, 0.29) is 5.97 Å². The van der Waals surface area contributed by atoms with E-state index in [2.05, 4.69) is 10.3 Å². The summed E-state index contributed by atoms with van der Waals surface area (Å²) >= 11 is 0. The number of hydrogen-bond acceptors (Lipinski definition) is 4. The van der Waals surface area contributed by atoms with Crippen LogP contribution in [0.15, 0.2) is 18.3 Å². The SMILES string of the molecule is CCOC(=O)c1ccc(NC)cn1. The van der Waals surface area contributed by atoms with E-state index < -0.39 is 0 Å². The molecule has 0 aliphatic rings. The van der Waals surface area contributed by atoms with Crippen molar-refractivity contribution in [3.05, 3.63) is 24.0 Å². The molecule has 1 N–H and O–H groups in total. The molecule has 4 nitrogen and oxygen atoms in total. The van der Waals surface area contributed by atoms with Crippen molar-refractivity contribution in [1.29, 1.82) is 0 Å². The minimum absolute atomic E-state index is 0.334. The normalized spacial score (nSPS) is 9.38. The average Bonchev–Trinajstić information content (AvgIpc) is 2.18. The molecule has 0 aromatic carbocycles. The monoisotopic (exact) mass is 180 g/mol. The first kappa shape index (κ1) is 9.51. The van der Waals surface area contributed by atoms with Gasteiger partial charge in [-0.2, -0.15) is 0 Å². The number of nitrogens with one attached hydrogen (secondary N) is 1. The van der Waals surface area contributed by atoms with Gasteiger partial charge in [0, 0.05) is 7.05 Å². The summed E-state index contributed by atoms with van der Waals surface area (Å²) in [5.41, 5.74) is 1.20. The molecule has 0 unspecified atom stereocenters. The Labute approximate surface area is 76.9 Å². The van der Waals surface area contributed by atoms with Gasteiger partial charge >= 0.3 is 5.97 Å². The van der Waals surface area contributed by atoms with Crippen LogP contribution in [0.2, 0.25) is 0 Å². The molecule has 0 aliphatic heterocycles. The molecule has 0 saturated carbocycles.